The van der Waals surface area contributed by atoms with Crippen molar-refractivity contribution in [3.63, 3.8) is 0 Å². The molecule has 0 saturated carbocycles. The second-order valence-electron chi connectivity index (χ2n) is 0.537. The van der Waals surface area contributed by atoms with Crippen molar-refractivity contribution >= 4 is 0 Å². The number of nitrogens with zero attached hydrogens (tertiary/aromatic N) is 18. The first kappa shape index (κ1) is 89.7. The Hall–Kier alpha value is 3.49. The van der Waals surface area contributed by atoms with Crippen LogP contribution < -0.4 is 233 Å². The molecule has 0 aliphatic rings. The first-order valence-electron chi connectivity index (χ1n) is 2.40. The van der Waals surface area contributed by atoms with Crippen molar-refractivity contribution in [1.29, 1.82) is 0 Å². The van der Waals surface area contributed by atoms with Gasteiger partial charge in [0.2, 0.25) is 0 Å². The van der Waals surface area contributed by atoms with E-state index in [4.69, 9.17) is 66.4 Å². The summed E-state index contributed by atoms with van der Waals surface area (Å²) in [4.78, 5) is 9.00. The van der Waals surface area contributed by atoms with E-state index in [-0.39, 0.29) is 260 Å². The predicted molar refractivity (Wildman–Crippen MR) is 66.0 cm³/mol. The molecule has 0 heterocycles. The van der Waals surface area contributed by atoms with Gasteiger partial charge >= 0.3 is 249 Å². The van der Waals surface area contributed by atoms with E-state index in [2.05, 4.69) is 0 Å². The Morgan fingerprint density at radius 3 is 0.320 bits per heavy atom. The molecular formula is H3N18NiO2Rb4-. The van der Waals surface area contributed by atoms with Gasteiger partial charge in [0, 0.05) is 0 Å². The van der Waals surface area contributed by atoms with Crippen LogP contribution >= 0.6 is 0 Å². The first-order chi connectivity index (χ1) is 8.49. The maximum atomic E-state index is 6.75. The molecule has 0 spiro atoms. The zero-order valence-electron chi connectivity index (χ0n) is 13.3. The zero-order chi connectivity index (χ0) is 16.2. The van der Waals surface area contributed by atoms with E-state index in [1.54, 1.807) is 0 Å². The molecule has 0 saturated heterocycles. The summed E-state index contributed by atoms with van der Waals surface area (Å²) in [5.41, 5.74) is 81.0. The fraction of sp³-hybridized carbons (Fsp3) is 0. The molecule has 0 aliphatic heterocycles. The summed E-state index contributed by atoms with van der Waals surface area (Å²) in [5, 5.41) is 0. The van der Waals surface area contributed by atoms with E-state index in [1.807, 2.05) is 0 Å². The molecule has 25 heteroatoms. The van der Waals surface area contributed by atoms with Gasteiger partial charge in [0.25, 0.3) is 0 Å². The largest absolute Gasteiger partial charge is 2.00 e. The van der Waals surface area contributed by atoms with Gasteiger partial charge in [-0.25, -0.2) is 0 Å². The van der Waals surface area contributed by atoms with Crippen LogP contribution in [0.15, 0.2) is 0 Å². The normalized spacial score (nSPS) is 1.92. The molecule has 0 rings (SSSR count). The molecule has 0 bridgehead atoms. The summed E-state index contributed by atoms with van der Waals surface area (Å²) in [6, 6.07) is 0. The molecule has 0 unspecified atom stereocenters. The Morgan fingerprint density at radius 2 is 0.320 bits per heavy atom. The van der Waals surface area contributed by atoms with Crippen molar-refractivity contribution < 1.29 is 260 Å². The third-order valence-corrected chi connectivity index (χ3v) is 0. The van der Waals surface area contributed by atoms with Crippen LogP contribution in [0.4, 0.5) is 0 Å². The summed E-state index contributed by atoms with van der Waals surface area (Å²) >= 11 is 0. The Bertz CT molecular complexity index is 250. The zero-order valence-corrected chi connectivity index (χ0v) is 34.0. The van der Waals surface area contributed by atoms with Gasteiger partial charge in [-0.05, 0) is 0 Å². The molecule has 0 radical (unpaired) electrons. The molecule has 3 N–H and O–H groups in total. The Labute approximate surface area is 345 Å². The summed E-state index contributed by atoms with van der Waals surface area (Å²) in [7, 11) is 0. The topological polar surface area (TPSA) is 414 Å². The van der Waals surface area contributed by atoms with E-state index in [0.29, 0.717) is 0 Å². The summed E-state index contributed by atoms with van der Waals surface area (Å²) < 4.78 is 0. The molecule has 0 fully saturated rings. The van der Waals surface area contributed by atoms with Crippen LogP contribution in [0.2, 0.25) is 0 Å². The van der Waals surface area contributed by atoms with Crippen LogP contribution in [-0.2, 0) is 16.5 Å². The van der Waals surface area contributed by atoms with Gasteiger partial charge in [-0.3, -0.25) is 29.5 Å². The van der Waals surface area contributed by atoms with Crippen LogP contribution in [-0.4, -0.2) is 11.0 Å². The van der Waals surface area contributed by atoms with Crippen molar-refractivity contribution in [3.05, 3.63) is 95.8 Å². The molecule has 0 aliphatic carbocycles. The van der Waals surface area contributed by atoms with Gasteiger partial charge in [-0.15, -0.1) is 0 Å². The SMILES string of the molecule is O.[N-]=[N+]=[N-].[N-]=[N+]=[N-].[N-]=[N+]=[N-].[N-]=[N+]=[N-].[N-]=[N+]=[N-].[N-]=[N+]=[N-].[Ni+2].[OH-].[Rb+].[Rb+].[Rb+].[Rb+]. The molecule has 120 valence electrons. The van der Waals surface area contributed by atoms with Crippen molar-refractivity contribution in [2.24, 2.45) is 0 Å². The Balaban J connectivity index is -0.00000000595. The summed E-state index contributed by atoms with van der Waals surface area (Å²) in [5.74, 6) is 0. The average Bonchev–Trinajstić information content (AvgIpc) is 2.23. The average molecular weight is 688 g/mol. The molecule has 0 atom stereocenters. The van der Waals surface area contributed by atoms with Crippen LogP contribution in [0.5, 0.6) is 0 Å². The van der Waals surface area contributed by atoms with Crippen molar-refractivity contribution in [2.75, 3.05) is 0 Å². The van der Waals surface area contributed by atoms with Gasteiger partial charge in [0.15, 0.2) is 0 Å². The number of hydrogen-bond donors (Lipinski definition) is 0. The van der Waals surface area contributed by atoms with Crippen molar-refractivity contribution in [2.45, 2.75) is 0 Å². The van der Waals surface area contributed by atoms with E-state index in [0.717, 1.165) is 0 Å². The maximum Gasteiger partial charge on any atom is 2.00 e. The molecule has 20 nitrogen and oxygen atoms in total. The van der Waals surface area contributed by atoms with E-state index < -0.39 is 0 Å². The van der Waals surface area contributed by atoms with Crippen LogP contribution in [0.3, 0.4) is 0 Å². The third kappa shape index (κ3) is 1460. The van der Waals surface area contributed by atoms with E-state index in [9.17, 15) is 0 Å². The summed E-state index contributed by atoms with van der Waals surface area (Å²) in [6.45, 7) is 0. The van der Waals surface area contributed by atoms with Crippen molar-refractivity contribution in [1.82, 2.24) is 0 Å². The Kier molecular flexibility index (Phi) is 768. The summed E-state index contributed by atoms with van der Waals surface area (Å²) in [6.07, 6.45) is 0. The van der Waals surface area contributed by atoms with Gasteiger partial charge in [-0.1, -0.05) is 0 Å². The number of hydrogen-bond acceptors (Lipinski definition) is 1. The smallest absolute Gasteiger partial charge is 0.870 e. The minimum Gasteiger partial charge on any atom is -0.870 e. The van der Waals surface area contributed by atoms with Gasteiger partial charge in [0.1, 0.15) is 0 Å². The standard InChI is InChI=1S/6N3.Ni.2H2O.4Rb/c6*1-3-2;;;;;;;/h;;;;;;;2*1H2;;;;/q6*-1;+2;;;4*+1/p-1. The molecule has 0 amide bonds. The second-order valence-corrected chi connectivity index (χ2v) is 0.537. The van der Waals surface area contributed by atoms with E-state index in [1.165, 1.54) is 29.5 Å². The first-order valence-corrected chi connectivity index (χ1v) is 2.40. The van der Waals surface area contributed by atoms with Gasteiger partial charge in [0.05, 0.1) is 0 Å². The fourth-order valence-electron chi connectivity index (χ4n) is 0. The van der Waals surface area contributed by atoms with Crippen LogP contribution in [0.1, 0.15) is 0 Å². The Morgan fingerprint density at radius 1 is 0.320 bits per heavy atom. The number of rotatable bonds is 0. The molecular weight excluding hydrogens is 685 g/mol. The predicted octanol–water partition coefficient (Wildman–Crippen LogP) is -7.79. The monoisotopic (exact) mass is 685 g/mol. The van der Waals surface area contributed by atoms with Crippen LogP contribution in [0.25, 0.3) is 95.8 Å². The second kappa shape index (κ2) is 214. The minimum absolute atomic E-state index is 0. The molecule has 0 aromatic carbocycles. The van der Waals surface area contributed by atoms with Crippen molar-refractivity contribution in [3.8, 4) is 0 Å². The maximum absolute atomic E-state index is 6.75. The molecule has 0 aromatic heterocycles. The van der Waals surface area contributed by atoms with Crippen LogP contribution in [0, 0.1) is 0 Å². The quantitative estimate of drug-likeness (QED) is 0.102. The van der Waals surface area contributed by atoms with Gasteiger partial charge < -0.3 is 77.3 Å². The van der Waals surface area contributed by atoms with E-state index >= 15 is 0 Å². The fourth-order valence-corrected chi connectivity index (χ4v) is 0. The third-order valence-electron chi connectivity index (χ3n) is 0. The molecule has 25 heavy (non-hydrogen) atoms. The minimum atomic E-state index is 0. The van der Waals surface area contributed by atoms with Gasteiger partial charge in [-0.2, -0.15) is 0 Å². The molecule has 0 aromatic rings.